The molecule has 1 aliphatic rings. The zero-order valence-electron chi connectivity index (χ0n) is 9.48. The Hall–Kier alpha value is -0.650. The van der Waals surface area contributed by atoms with Gasteiger partial charge in [0.1, 0.15) is 0 Å². The number of carbonyl (C=O) groups excluding carboxylic acids is 1. The van der Waals surface area contributed by atoms with Gasteiger partial charge < -0.3 is 14.7 Å². The molecule has 1 fully saturated rings. The van der Waals surface area contributed by atoms with Crippen LogP contribution >= 0.6 is 0 Å². The lowest BCUT2D eigenvalue weighted by atomic mass is 10.3. The fourth-order valence-corrected chi connectivity index (χ4v) is 1.43. The first kappa shape index (κ1) is 12.4. The Morgan fingerprint density at radius 1 is 1.53 bits per heavy atom. The van der Waals surface area contributed by atoms with E-state index in [1.807, 2.05) is 6.92 Å². The molecule has 1 amide bonds. The first-order chi connectivity index (χ1) is 7.15. The molecule has 0 aliphatic carbocycles. The molecule has 1 saturated heterocycles. The monoisotopic (exact) mass is 216 g/mol. The molecule has 0 radical (unpaired) electrons. The summed E-state index contributed by atoms with van der Waals surface area (Å²) in [5.74, 6) is 0.0541. The van der Waals surface area contributed by atoms with Crippen LogP contribution in [0.2, 0.25) is 0 Å². The number of aliphatic hydroxyl groups excluding tert-OH is 1. The van der Waals surface area contributed by atoms with Crippen molar-refractivity contribution in [3.63, 3.8) is 0 Å². The maximum absolute atomic E-state index is 11.7. The first-order valence-electron chi connectivity index (χ1n) is 5.31. The summed E-state index contributed by atoms with van der Waals surface area (Å²) in [6.07, 6.45) is 0. The molecule has 1 heterocycles. The quantitative estimate of drug-likeness (QED) is 0.665. The van der Waals surface area contributed by atoms with Gasteiger partial charge in [0.2, 0.25) is 5.91 Å². The predicted molar refractivity (Wildman–Crippen MR) is 56.6 cm³/mol. The van der Waals surface area contributed by atoms with Gasteiger partial charge in [-0.05, 0) is 6.92 Å². The minimum atomic E-state index is -0.112. The van der Waals surface area contributed by atoms with E-state index in [2.05, 4.69) is 4.90 Å². The van der Waals surface area contributed by atoms with Crippen LogP contribution < -0.4 is 0 Å². The second kappa shape index (κ2) is 6.05. The molecule has 0 saturated carbocycles. The van der Waals surface area contributed by atoms with Crippen molar-refractivity contribution >= 4 is 5.91 Å². The molecule has 1 rings (SSSR count). The Morgan fingerprint density at radius 2 is 2.13 bits per heavy atom. The Morgan fingerprint density at radius 3 is 2.67 bits per heavy atom. The minimum absolute atomic E-state index is 0.00531. The smallest absolute Gasteiger partial charge is 0.236 e. The third-order valence-corrected chi connectivity index (χ3v) is 2.78. The molecule has 0 aromatic heterocycles. The average Bonchev–Trinajstić information content (AvgIpc) is 2.28. The van der Waals surface area contributed by atoms with Crippen LogP contribution in [-0.2, 0) is 9.53 Å². The van der Waals surface area contributed by atoms with E-state index in [4.69, 9.17) is 9.84 Å². The highest BCUT2D eigenvalue weighted by Gasteiger charge is 2.19. The predicted octanol–water partition coefficient (Wildman–Crippen LogP) is -0.842. The van der Waals surface area contributed by atoms with Gasteiger partial charge in [0.05, 0.1) is 32.4 Å². The zero-order valence-corrected chi connectivity index (χ0v) is 9.48. The number of aliphatic hydroxyl groups is 1. The number of rotatable bonds is 4. The van der Waals surface area contributed by atoms with E-state index in [1.165, 1.54) is 0 Å². The number of carbonyl (C=O) groups is 1. The van der Waals surface area contributed by atoms with Crippen LogP contribution in [0.25, 0.3) is 0 Å². The SMILES string of the molecule is C[C@H](CO)N(C)C(=O)CN1CCOCC1. The van der Waals surface area contributed by atoms with Gasteiger partial charge in [0, 0.05) is 20.1 Å². The fraction of sp³-hybridized carbons (Fsp3) is 0.900. The van der Waals surface area contributed by atoms with Gasteiger partial charge in [0.15, 0.2) is 0 Å². The van der Waals surface area contributed by atoms with Crippen LogP contribution in [0.1, 0.15) is 6.92 Å². The lowest BCUT2D eigenvalue weighted by Crippen LogP contribution is -2.46. The molecule has 5 heteroatoms. The van der Waals surface area contributed by atoms with Gasteiger partial charge in [-0.1, -0.05) is 0 Å². The molecule has 1 atom stereocenters. The topological polar surface area (TPSA) is 53.0 Å². The van der Waals surface area contributed by atoms with E-state index >= 15 is 0 Å². The highest BCUT2D eigenvalue weighted by atomic mass is 16.5. The molecule has 15 heavy (non-hydrogen) atoms. The number of morpholine rings is 1. The highest BCUT2D eigenvalue weighted by molar-refractivity contribution is 5.78. The van der Waals surface area contributed by atoms with Crippen molar-refractivity contribution < 1.29 is 14.6 Å². The normalized spacial score (nSPS) is 19.9. The van der Waals surface area contributed by atoms with Gasteiger partial charge in [-0.3, -0.25) is 9.69 Å². The van der Waals surface area contributed by atoms with Crippen molar-refractivity contribution in [1.82, 2.24) is 9.80 Å². The van der Waals surface area contributed by atoms with Crippen LogP contribution in [0.15, 0.2) is 0 Å². The summed E-state index contributed by atoms with van der Waals surface area (Å²) in [6.45, 7) is 5.28. The highest BCUT2D eigenvalue weighted by Crippen LogP contribution is 2.00. The van der Waals surface area contributed by atoms with Gasteiger partial charge >= 0.3 is 0 Å². The summed E-state index contributed by atoms with van der Waals surface area (Å²) >= 11 is 0. The summed E-state index contributed by atoms with van der Waals surface area (Å²) in [4.78, 5) is 15.4. The number of likely N-dealkylation sites (N-methyl/N-ethyl adjacent to an activating group) is 1. The molecule has 88 valence electrons. The molecule has 0 bridgehead atoms. The average molecular weight is 216 g/mol. The van der Waals surface area contributed by atoms with Crippen molar-refractivity contribution in [3.8, 4) is 0 Å². The second-order valence-corrected chi connectivity index (χ2v) is 3.92. The van der Waals surface area contributed by atoms with E-state index in [-0.39, 0.29) is 18.6 Å². The largest absolute Gasteiger partial charge is 0.394 e. The first-order valence-corrected chi connectivity index (χ1v) is 5.31. The maximum atomic E-state index is 11.7. The Bertz CT molecular complexity index is 205. The van der Waals surface area contributed by atoms with Crippen molar-refractivity contribution in [3.05, 3.63) is 0 Å². The standard InChI is InChI=1S/C10H20N2O3/c1-9(8-13)11(2)10(14)7-12-3-5-15-6-4-12/h9,13H,3-8H2,1-2H3/t9-/m1/s1. The number of hydrogen-bond acceptors (Lipinski definition) is 4. The van der Waals surface area contributed by atoms with E-state index in [0.717, 1.165) is 13.1 Å². The Kier molecular flexibility index (Phi) is 5.01. The van der Waals surface area contributed by atoms with Crippen molar-refractivity contribution in [1.29, 1.82) is 0 Å². The summed E-state index contributed by atoms with van der Waals surface area (Å²) in [6, 6.07) is -0.112. The van der Waals surface area contributed by atoms with Crippen molar-refractivity contribution in [2.75, 3.05) is 46.5 Å². The minimum Gasteiger partial charge on any atom is -0.394 e. The van der Waals surface area contributed by atoms with Crippen LogP contribution in [0, 0.1) is 0 Å². The van der Waals surface area contributed by atoms with E-state index in [0.29, 0.717) is 19.8 Å². The van der Waals surface area contributed by atoms with Crippen molar-refractivity contribution in [2.45, 2.75) is 13.0 Å². The molecular formula is C10H20N2O3. The number of ether oxygens (including phenoxy) is 1. The van der Waals surface area contributed by atoms with Gasteiger partial charge in [-0.2, -0.15) is 0 Å². The third kappa shape index (κ3) is 3.77. The van der Waals surface area contributed by atoms with Crippen LogP contribution in [0.3, 0.4) is 0 Å². The molecule has 0 spiro atoms. The van der Waals surface area contributed by atoms with Gasteiger partial charge in [0.25, 0.3) is 0 Å². The Balaban J connectivity index is 2.33. The number of hydrogen-bond donors (Lipinski definition) is 1. The summed E-state index contributed by atoms with van der Waals surface area (Å²) in [7, 11) is 1.73. The molecule has 5 nitrogen and oxygen atoms in total. The molecular weight excluding hydrogens is 196 g/mol. The summed E-state index contributed by atoms with van der Waals surface area (Å²) in [5, 5.41) is 8.93. The number of amides is 1. The van der Waals surface area contributed by atoms with Crippen LogP contribution in [0.4, 0.5) is 0 Å². The maximum Gasteiger partial charge on any atom is 0.236 e. The van der Waals surface area contributed by atoms with Crippen LogP contribution in [-0.4, -0.2) is 73.4 Å². The zero-order chi connectivity index (χ0) is 11.3. The number of nitrogens with zero attached hydrogens (tertiary/aromatic N) is 2. The molecule has 0 aromatic carbocycles. The molecule has 0 unspecified atom stereocenters. The summed E-state index contributed by atoms with van der Waals surface area (Å²) in [5.41, 5.74) is 0. The van der Waals surface area contributed by atoms with E-state index < -0.39 is 0 Å². The fourth-order valence-electron chi connectivity index (χ4n) is 1.43. The summed E-state index contributed by atoms with van der Waals surface area (Å²) < 4.78 is 5.20. The molecule has 0 aromatic rings. The lowest BCUT2D eigenvalue weighted by molar-refractivity contribution is -0.134. The third-order valence-electron chi connectivity index (χ3n) is 2.78. The molecule has 1 aliphatic heterocycles. The van der Waals surface area contributed by atoms with Crippen molar-refractivity contribution in [2.24, 2.45) is 0 Å². The molecule has 1 N–H and O–H groups in total. The van der Waals surface area contributed by atoms with Crippen LogP contribution in [0.5, 0.6) is 0 Å². The van der Waals surface area contributed by atoms with Gasteiger partial charge in [-0.15, -0.1) is 0 Å². The Labute approximate surface area is 90.6 Å². The second-order valence-electron chi connectivity index (χ2n) is 3.92. The van der Waals surface area contributed by atoms with Gasteiger partial charge in [-0.25, -0.2) is 0 Å². The van der Waals surface area contributed by atoms with E-state index in [1.54, 1.807) is 11.9 Å². The van der Waals surface area contributed by atoms with E-state index in [9.17, 15) is 4.79 Å². The lowest BCUT2D eigenvalue weighted by Gasteiger charge is -2.29.